The van der Waals surface area contributed by atoms with Gasteiger partial charge in [-0.05, 0) is 45.8 Å². The minimum absolute atomic E-state index is 0.0483. The molecule has 2 heterocycles. The maximum absolute atomic E-state index is 11.9. The van der Waals surface area contributed by atoms with Crippen molar-refractivity contribution in [2.75, 3.05) is 20.2 Å². The van der Waals surface area contributed by atoms with Crippen LogP contribution in [0.5, 0.6) is 0 Å². The van der Waals surface area contributed by atoms with Crippen molar-refractivity contribution < 1.29 is 9.53 Å². The van der Waals surface area contributed by atoms with E-state index in [4.69, 9.17) is 4.74 Å². The predicted octanol–water partition coefficient (Wildman–Crippen LogP) is 2.83. The molecule has 0 aliphatic carbocycles. The number of ether oxygens (including phenoxy) is 1. The number of hydrogen-bond acceptors (Lipinski definition) is 3. The highest BCUT2D eigenvalue weighted by atomic mass is 79.9. The molecular formula is C12H17BrN2O2S. The van der Waals surface area contributed by atoms with E-state index in [0.29, 0.717) is 13.1 Å². The lowest BCUT2D eigenvalue weighted by molar-refractivity contribution is 0.109. The largest absolute Gasteiger partial charge is 0.376 e. The molecule has 1 N–H and O–H groups in total. The number of thiophene rings is 1. The molecule has 2 amide bonds. The summed E-state index contributed by atoms with van der Waals surface area (Å²) in [7, 11) is 1.80. The lowest BCUT2D eigenvalue weighted by atomic mass is 10.2. The Balaban J connectivity index is 1.74. The molecular weight excluding hydrogens is 316 g/mol. The minimum Gasteiger partial charge on any atom is -0.376 e. The molecule has 1 atom stereocenters. The molecule has 1 fully saturated rings. The fourth-order valence-electron chi connectivity index (χ4n) is 1.92. The molecule has 100 valence electrons. The van der Waals surface area contributed by atoms with Crippen LogP contribution in [-0.4, -0.2) is 37.2 Å². The molecule has 18 heavy (non-hydrogen) atoms. The maximum Gasteiger partial charge on any atom is 0.317 e. The first-order chi connectivity index (χ1) is 8.65. The van der Waals surface area contributed by atoms with Crippen molar-refractivity contribution in [3.8, 4) is 0 Å². The number of carbonyl (C=O) groups is 1. The SMILES string of the molecule is CN(Cc1csc(Br)c1)C(=O)NC[C@@H]1CCCO1. The number of nitrogens with one attached hydrogen (secondary N) is 1. The lowest BCUT2D eigenvalue weighted by Gasteiger charge is -2.18. The average Bonchev–Trinajstić information content (AvgIpc) is 2.97. The molecule has 2 rings (SSSR count). The third-order valence-corrected chi connectivity index (χ3v) is 4.45. The Hall–Kier alpha value is -0.590. The van der Waals surface area contributed by atoms with Crippen molar-refractivity contribution in [3.63, 3.8) is 0 Å². The average molecular weight is 333 g/mol. The van der Waals surface area contributed by atoms with Crippen LogP contribution in [0.15, 0.2) is 15.2 Å². The molecule has 0 unspecified atom stereocenters. The molecule has 1 aliphatic rings. The van der Waals surface area contributed by atoms with Gasteiger partial charge in [0.25, 0.3) is 0 Å². The van der Waals surface area contributed by atoms with Crippen molar-refractivity contribution in [2.45, 2.75) is 25.5 Å². The Kier molecular flexibility index (Phi) is 5.03. The summed E-state index contributed by atoms with van der Waals surface area (Å²) in [6.45, 7) is 2.05. The van der Waals surface area contributed by atoms with Gasteiger partial charge in [-0.3, -0.25) is 0 Å². The Labute approximate surface area is 119 Å². The van der Waals surface area contributed by atoms with Crippen LogP contribution in [0.4, 0.5) is 4.79 Å². The smallest absolute Gasteiger partial charge is 0.317 e. The van der Waals surface area contributed by atoms with Crippen molar-refractivity contribution >= 4 is 33.3 Å². The summed E-state index contributed by atoms with van der Waals surface area (Å²) in [6, 6.07) is 1.99. The van der Waals surface area contributed by atoms with Crippen LogP contribution in [0.25, 0.3) is 0 Å². The second-order valence-corrected chi connectivity index (χ2v) is 6.73. The molecule has 1 aromatic heterocycles. The molecule has 6 heteroatoms. The first-order valence-electron chi connectivity index (χ1n) is 5.98. The molecule has 1 aromatic rings. The summed E-state index contributed by atoms with van der Waals surface area (Å²) in [5.41, 5.74) is 1.14. The number of hydrogen-bond donors (Lipinski definition) is 1. The molecule has 0 aromatic carbocycles. The number of rotatable bonds is 4. The highest BCUT2D eigenvalue weighted by molar-refractivity contribution is 9.11. The number of halogens is 1. The van der Waals surface area contributed by atoms with Gasteiger partial charge < -0.3 is 15.0 Å². The topological polar surface area (TPSA) is 41.6 Å². The van der Waals surface area contributed by atoms with Gasteiger partial charge in [0.05, 0.1) is 9.89 Å². The standard InChI is InChI=1S/C12H17BrN2O2S/c1-15(7-9-5-11(13)18-8-9)12(16)14-6-10-3-2-4-17-10/h5,8,10H,2-4,6-7H2,1H3,(H,14,16)/t10-/m0/s1. The Morgan fingerprint density at radius 3 is 3.17 bits per heavy atom. The number of carbonyl (C=O) groups excluding carboxylic acids is 1. The zero-order valence-electron chi connectivity index (χ0n) is 10.3. The molecule has 4 nitrogen and oxygen atoms in total. The van der Waals surface area contributed by atoms with E-state index in [9.17, 15) is 4.79 Å². The Morgan fingerprint density at radius 1 is 1.72 bits per heavy atom. The van der Waals surface area contributed by atoms with Crippen LogP contribution in [0.1, 0.15) is 18.4 Å². The number of nitrogens with zero attached hydrogens (tertiary/aromatic N) is 1. The molecule has 0 spiro atoms. The van der Waals surface area contributed by atoms with Crippen LogP contribution >= 0.6 is 27.3 Å². The van der Waals surface area contributed by atoms with E-state index in [1.165, 1.54) is 0 Å². The van der Waals surface area contributed by atoms with Crippen molar-refractivity contribution in [2.24, 2.45) is 0 Å². The minimum atomic E-state index is -0.0483. The summed E-state index contributed by atoms with van der Waals surface area (Å²) in [4.78, 5) is 13.5. The van der Waals surface area contributed by atoms with E-state index >= 15 is 0 Å². The molecule has 0 bridgehead atoms. The van der Waals surface area contributed by atoms with Crippen LogP contribution in [0.2, 0.25) is 0 Å². The summed E-state index contributed by atoms with van der Waals surface area (Å²) in [6.07, 6.45) is 2.33. The molecule has 0 radical (unpaired) electrons. The summed E-state index contributed by atoms with van der Waals surface area (Å²) in [5.74, 6) is 0. The van der Waals surface area contributed by atoms with Gasteiger partial charge >= 0.3 is 6.03 Å². The quantitative estimate of drug-likeness (QED) is 0.921. The van der Waals surface area contributed by atoms with E-state index in [2.05, 4.69) is 21.2 Å². The zero-order chi connectivity index (χ0) is 13.0. The number of urea groups is 1. The van der Waals surface area contributed by atoms with E-state index in [0.717, 1.165) is 28.8 Å². The highest BCUT2D eigenvalue weighted by Crippen LogP contribution is 2.21. The first-order valence-corrected chi connectivity index (χ1v) is 7.66. The second-order valence-electron chi connectivity index (χ2n) is 4.44. The van der Waals surface area contributed by atoms with E-state index in [-0.39, 0.29) is 12.1 Å². The van der Waals surface area contributed by atoms with Gasteiger partial charge in [0.1, 0.15) is 0 Å². The summed E-state index contributed by atoms with van der Waals surface area (Å²) in [5, 5.41) is 4.95. The van der Waals surface area contributed by atoms with E-state index < -0.39 is 0 Å². The van der Waals surface area contributed by atoms with Gasteiger partial charge in [-0.1, -0.05) is 0 Å². The van der Waals surface area contributed by atoms with Crippen molar-refractivity contribution in [3.05, 3.63) is 20.8 Å². The maximum atomic E-state index is 11.9. The third kappa shape index (κ3) is 3.96. The van der Waals surface area contributed by atoms with Crippen molar-refractivity contribution in [1.29, 1.82) is 0 Å². The lowest BCUT2D eigenvalue weighted by Crippen LogP contribution is -2.40. The zero-order valence-corrected chi connectivity index (χ0v) is 12.7. The number of amides is 2. The first kappa shape index (κ1) is 13.8. The normalized spacial score (nSPS) is 18.9. The van der Waals surface area contributed by atoms with Crippen LogP contribution < -0.4 is 5.32 Å². The van der Waals surface area contributed by atoms with Crippen LogP contribution in [0.3, 0.4) is 0 Å². The van der Waals surface area contributed by atoms with Gasteiger partial charge in [0.2, 0.25) is 0 Å². The monoisotopic (exact) mass is 332 g/mol. The third-order valence-electron chi connectivity index (χ3n) is 2.89. The van der Waals surface area contributed by atoms with Crippen LogP contribution in [0, 0.1) is 0 Å². The molecule has 1 aliphatic heterocycles. The van der Waals surface area contributed by atoms with Crippen LogP contribution in [-0.2, 0) is 11.3 Å². The van der Waals surface area contributed by atoms with E-state index in [1.807, 2.05) is 11.4 Å². The Bertz CT molecular complexity index is 405. The van der Waals surface area contributed by atoms with Gasteiger partial charge in [-0.2, -0.15) is 0 Å². The van der Waals surface area contributed by atoms with Gasteiger partial charge in [0.15, 0.2) is 0 Å². The second kappa shape index (κ2) is 6.54. The Morgan fingerprint density at radius 2 is 2.56 bits per heavy atom. The molecule has 0 saturated carbocycles. The fraction of sp³-hybridized carbons (Fsp3) is 0.583. The van der Waals surface area contributed by atoms with Gasteiger partial charge in [0, 0.05) is 26.7 Å². The highest BCUT2D eigenvalue weighted by Gasteiger charge is 2.17. The summed E-state index contributed by atoms with van der Waals surface area (Å²) >= 11 is 5.05. The van der Waals surface area contributed by atoms with Gasteiger partial charge in [-0.15, -0.1) is 11.3 Å². The summed E-state index contributed by atoms with van der Waals surface area (Å²) < 4.78 is 6.56. The predicted molar refractivity (Wildman–Crippen MR) is 75.9 cm³/mol. The van der Waals surface area contributed by atoms with Crippen molar-refractivity contribution in [1.82, 2.24) is 10.2 Å². The molecule has 1 saturated heterocycles. The van der Waals surface area contributed by atoms with Gasteiger partial charge in [-0.25, -0.2) is 4.79 Å². The fourth-order valence-corrected chi connectivity index (χ4v) is 3.12. The van der Waals surface area contributed by atoms with E-state index in [1.54, 1.807) is 23.3 Å².